The molecule has 1 aliphatic rings. The number of allylic oxidation sites excluding steroid dienone is 4. The summed E-state index contributed by atoms with van der Waals surface area (Å²) in [6, 6.07) is 0. The van der Waals surface area contributed by atoms with Gasteiger partial charge in [-0.3, -0.25) is 14.4 Å². The van der Waals surface area contributed by atoms with Gasteiger partial charge in [0.25, 0.3) is 0 Å². The van der Waals surface area contributed by atoms with Crippen molar-refractivity contribution in [2.45, 2.75) is 78.6 Å². The van der Waals surface area contributed by atoms with E-state index < -0.39 is 0 Å². The number of esters is 1. The van der Waals surface area contributed by atoms with Gasteiger partial charge in [0.15, 0.2) is 5.78 Å². The highest BCUT2D eigenvalue weighted by Crippen LogP contribution is 2.33. The van der Waals surface area contributed by atoms with Crippen molar-refractivity contribution in [1.82, 2.24) is 0 Å². The van der Waals surface area contributed by atoms with Gasteiger partial charge in [-0.05, 0) is 44.1 Å². The molecule has 152 valence electrons. The summed E-state index contributed by atoms with van der Waals surface area (Å²) in [7, 11) is 1.40. The van der Waals surface area contributed by atoms with Gasteiger partial charge in [0.1, 0.15) is 5.78 Å². The molecule has 0 amide bonds. The average Bonchev–Trinajstić information content (AvgIpc) is 3.00. The molecule has 0 unspecified atom stereocenters. The number of hydrogen-bond donors (Lipinski definition) is 0. The first-order chi connectivity index (χ1) is 12.8. The summed E-state index contributed by atoms with van der Waals surface area (Å²) in [5, 5.41) is 0. The summed E-state index contributed by atoms with van der Waals surface area (Å²) in [6.45, 7) is 6.14. The first-order valence-corrected chi connectivity index (χ1v) is 10.3. The number of carbonyl (C=O) groups excluding carboxylic acids is 3. The zero-order valence-electron chi connectivity index (χ0n) is 17.5. The van der Waals surface area contributed by atoms with Gasteiger partial charge in [-0.15, -0.1) is 0 Å². The van der Waals surface area contributed by atoms with Crippen molar-refractivity contribution >= 4 is 17.5 Å². The lowest BCUT2D eigenvalue weighted by Gasteiger charge is -2.21. The maximum absolute atomic E-state index is 12.5. The number of ketones is 2. The minimum absolute atomic E-state index is 0.0235. The van der Waals surface area contributed by atoms with E-state index in [-0.39, 0.29) is 29.0 Å². The minimum atomic E-state index is -0.329. The standard InChI is InChI=1S/C23H36O4/c1-5-6-17-23(2,3)21(25)16-14-18-13-15-20(24)19(18)11-9-7-8-10-12-22(26)27-4/h7,9,14,16,18-19H,5-6,8,10-13,15,17H2,1-4H3/t18-,19-/m0/s1. The lowest BCUT2D eigenvalue weighted by molar-refractivity contribution is -0.140. The fourth-order valence-corrected chi connectivity index (χ4v) is 3.48. The zero-order valence-corrected chi connectivity index (χ0v) is 17.5. The van der Waals surface area contributed by atoms with Gasteiger partial charge in [-0.25, -0.2) is 0 Å². The minimum Gasteiger partial charge on any atom is -0.469 e. The highest BCUT2D eigenvalue weighted by atomic mass is 16.5. The Morgan fingerprint density at radius 3 is 2.63 bits per heavy atom. The van der Waals surface area contributed by atoms with Crippen molar-refractivity contribution in [3.8, 4) is 0 Å². The van der Waals surface area contributed by atoms with Crippen molar-refractivity contribution in [1.29, 1.82) is 0 Å². The normalized spacial score (nSPS) is 20.7. The molecule has 1 aliphatic carbocycles. The van der Waals surface area contributed by atoms with Gasteiger partial charge in [0.2, 0.25) is 0 Å². The second-order valence-electron chi connectivity index (χ2n) is 8.16. The van der Waals surface area contributed by atoms with Gasteiger partial charge >= 0.3 is 5.97 Å². The smallest absolute Gasteiger partial charge is 0.305 e. The Morgan fingerprint density at radius 2 is 1.96 bits per heavy atom. The highest BCUT2D eigenvalue weighted by molar-refractivity contribution is 5.94. The van der Waals surface area contributed by atoms with Crippen LogP contribution in [0.5, 0.6) is 0 Å². The molecule has 27 heavy (non-hydrogen) atoms. The molecule has 0 aromatic rings. The highest BCUT2D eigenvalue weighted by Gasteiger charge is 2.32. The number of rotatable bonds is 12. The summed E-state index contributed by atoms with van der Waals surface area (Å²) >= 11 is 0. The summed E-state index contributed by atoms with van der Waals surface area (Å²) in [4.78, 5) is 35.8. The van der Waals surface area contributed by atoms with E-state index in [2.05, 4.69) is 11.7 Å². The van der Waals surface area contributed by atoms with Crippen molar-refractivity contribution in [2.75, 3.05) is 7.11 Å². The third-order valence-electron chi connectivity index (χ3n) is 5.51. The molecular formula is C23H36O4. The van der Waals surface area contributed by atoms with Crippen LogP contribution in [0.1, 0.15) is 78.6 Å². The van der Waals surface area contributed by atoms with Crippen LogP contribution >= 0.6 is 0 Å². The summed E-state index contributed by atoms with van der Waals surface area (Å²) in [5.74, 6) is 0.396. The van der Waals surface area contributed by atoms with Gasteiger partial charge in [0, 0.05) is 24.2 Å². The van der Waals surface area contributed by atoms with Crippen molar-refractivity contribution in [2.24, 2.45) is 17.3 Å². The topological polar surface area (TPSA) is 60.4 Å². The molecule has 0 saturated heterocycles. The van der Waals surface area contributed by atoms with Crippen LogP contribution in [-0.4, -0.2) is 24.6 Å². The second kappa shape index (κ2) is 11.9. The van der Waals surface area contributed by atoms with Crippen molar-refractivity contribution in [3.63, 3.8) is 0 Å². The van der Waals surface area contributed by atoms with Crippen LogP contribution in [0.4, 0.5) is 0 Å². The molecule has 0 N–H and O–H groups in total. The number of ether oxygens (including phenoxy) is 1. The number of unbranched alkanes of at least 4 members (excludes halogenated alkanes) is 2. The molecule has 2 atom stereocenters. The van der Waals surface area contributed by atoms with Crippen LogP contribution in [-0.2, 0) is 19.1 Å². The molecule has 0 aliphatic heterocycles. The molecule has 0 bridgehead atoms. The van der Waals surface area contributed by atoms with E-state index in [0.29, 0.717) is 25.0 Å². The molecule has 0 aromatic heterocycles. The van der Waals surface area contributed by atoms with E-state index in [9.17, 15) is 14.4 Å². The maximum atomic E-state index is 12.5. The number of Topliss-reactive ketones (excluding diaryl/α,β-unsaturated/α-hetero) is 1. The summed E-state index contributed by atoms with van der Waals surface area (Å²) in [5.41, 5.74) is -0.329. The first kappa shape index (κ1) is 23.3. The third kappa shape index (κ3) is 8.23. The Kier molecular flexibility index (Phi) is 10.3. The molecule has 0 aromatic carbocycles. The Balaban J connectivity index is 2.51. The molecular weight excluding hydrogens is 340 g/mol. The average molecular weight is 377 g/mol. The lowest BCUT2D eigenvalue weighted by Crippen LogP contribution is -2.22. The van der Waals surface area contributed by atoms with E-state index in [1.807, 2.05) is 32.1 Å². The lowest BCUT2D eigenvalue weighted by atomic mass is 9.82. The number of hydrogen-bond acceptors (Lipinski definition) is 4. The van der Waals surface area contributed by atoms with E-state index in [1.165, 1.54) is 7.11 Å². The number of methoxy groups -OCH3 is 1. The van der Waals surface area contributed by atoms with Crippen LogP contribution in [0, 0.1) is 17.3 Å². The van der Waals surface area contributed by atoms with E-state index in [1.54, 1.807) is 6.08 Å². The summed E-state index contributed by atoms with van der Waals surface area (Å²) < 4.78 is 4.61. The van der Waals surface area contributed by atoms with Gasteiger partial charge in [0.05, 0.1) is 7.11 Å². The summed E-state index contributed by atoms with van der Waals surface area (Å²) in [6.07, 6.45) is 14.9. The predicted octanol–water partition coefficient (Wildman–Crippen LogP) is 5.21. The first-order valence-electron chi connectivity index (χ1n) is 10.3. The molecule has 4 nitrogen and oxygen atoms in total. The number of carbonyl (C=O) groups is 3. The predicted molar refractivity (Wildman–Crippen MR) is 108 cm³/mol. The monoisotopic (exact) mass is 376 g/mol. The SMILES string of the molecule is CCCCC(C)(C)C(=O)C=C[C@@H]1CCC(=O)[C@H]1CC=CCCCC(=O)OC. The Labute approximate surface area is 164 Å². The maximum Gasteiger partial charge on any atom is 0.305 e. The van der Waals surface area contributed by atoms with Crippen molar-refractivity contribution in [3.05, 3.63) is 24.3 Å². The van der Waals surface area contributed by atoms with E-state index in [4.69, 9.17) is 0 Å². The van der Waals surface area contributed by atoms with Crippen LogP contribution in [0.25, 0.3) is 0 Å². The van der Waals surface area contributed by atoms with Gasteiger partial charge in [-0.2, -0.15) is 0 Å². The molecule has 1 fully saturated rings. The van der Waals surface area contributed by atoms with Gasteiger partial charge in [-0.1, -0.05) is 51.8 Å². The van der Waals surface area contributed by atoms with Crippen LogP contribution in [0.2, 0.25) is 0 Å². The van der Waals surface area contributed by atoms with Crippen LogP contribution in [0.3, 0.4) is 0 Å². The molecule has 4 heteroatoms. The molecule has 0 heterocycles. The molecule has 0 spiro atoms. The Bertz CT molecular complexity index is 557. The quantitative estimate of drug-likeness (QED) is 0.203. The second-order valence-corrected chi connectivity index (χ2v) is 8.16. The molecule has 0 radical (unpaired) electrons. The third-order valence-corrected chi connectivity index (χ3v) is 5.51. The molecule has 1 rings (SSSR count). The fraction of sp³-hybridized carbons (Fsp3) is 0.696. The molecule has 1 saturated carbocycles. The largest absolute Gasteiger partial charge is 0.469 e. The van der Waals surface area contributed by atoms with Crippen LogP contribution in [0.15, 0.2) is 24.3 Å². The van der Waals surface area contributed by atoms with E-state index >= 15 is 0 Å². The van der Waals surface area contributed by atoms with Crippen molar-refractivity contribution < 1.29 is 19.1 Å². The van der Waals surface area contributed by atoms with Gasteiger partial charge < -0.3 is 4.74 Å². The Hall–Kier alpha value is -1.71. The zero-order chi connectivity index (χ0) is 20.3. The van der Waals surface area contributed by atoms with E-state index in [0.717, 1.165) is 38.5 Å². The van der Waals surface area contributed by atoms with Crippen LogP contribution < -0.4 is 0 Å². The Morgan fingerprint density at radius 1 is 1.22 bits per heavy atom. The fourth-order valence-electron chi connectivity index (χ4n) is 3.48.